The summed E-state index contributed by atoms with van der Waals surface area (Å²) in [4.78, 5) is 53.9. The molecular formula is C22H29N5O5. The Morgan fingerprint density at radius 1 is 1.34 bits per heavy atom. The molecule has 10 heteroatoms. The van der Waals surface area contributed by atoms with Crippen LogP contribution in [0.1, 0.15) is 37.0 Å². The lowest BCUT2D eigenvalue weighted by Gasteiger charge is -2.24. The van der Waals surface area contributed by atoms with Crippen molar-refractivity contribution in [2.75, 3.05) is 36.2 Å². The maximum Gasteiger partial charge on any atom is 0.330 e. The number of benzene rings is 1. The lowest BCUT2D eigenvalue weighted by atomic mass is 10.1. The number of nitrogens with two attached hydrogens (primary N) is 1. The highest BCUT2D eigenvalue weighted by Gasteiger charge is 2.39. The second-order valence-electron chi connectivity index (χ2n) is 7.98. The van der Waals surface area contributed by atoms with Crippen LogP contribution in [0.5, 0.6) is 0 Å². The van der Waals surface area contributed by atoms with E-state index in [1.54, 1.807) is 24.3 Å². The van der Waals surface area contributed by atoms with Gasteiger partial charge in [0, 0.05) is 37.4 Å². The number of aromatic nitrogens is 2. The van der Waals surface area contributed by atoms with Crippen molar-refractivity contribution in [2.24, 2.45) is 11.8 Å². The first kappa shape index (κ1) is 23.3. The molecule has 1 aromatic heterocycles. The van der Waals surface area contributed by atoms with Crippen molar-refractivity contribution >= 4 is 29.0 Å². The zero-order chi connectivity index (χ0) is 23.4. The summed E-state index contributed by atoms with van der Waals surface area (Å²) < 4.78 is 6.34. The fourth-order valence-electron chi connectivity index (χ4n) is 3.59. The van der Waals surface area contributed by atoms with Crippen LogP contribution in [0.3, 0.4) is 0 Å². The van der Waals surface area contributed by atoms with E-state index >= 15 is 0 Å². The van der Waals surface area contributed by atoms with Crippen molar-refractivity contribution in [1.82, 2.24) is 9.55 Å². The number of H-pyrrole nitrogens is 1. The van der Waals surface area contributed by atoms with E-state index in [-0.39, 0.29) is 42.0 Å². The molecule has 1 aliphatic rings. The third-order valence-corrected chi connectivity index (χ3v) is 5.52. The molecule has 0 radical (unpaired) electrons. The summed E-state index contributed by atoms with van der Waals surface area (Å²) in [6, 6.07) is 6.49. The fourth-order valence-corrected chi connectivity index (χ4v) is 3.59. The van der Waals surface area contributed by atoms with Crippen LogP contribution < -0.4 is 27.2 Å². The van der Waals surface area contributed by atoms with E-state index in [9.17, 15) is 19.2 Å². The topological polar surface area (TPSA) is 140 Å². The van der Waals surface area contributed by atoms with Gasteiger partial charge in [-0.25, -0.2) is 4.79 Å². The van der Waals surface area contributed by atoms with Gasteiger partial charge in [0.2, 0.25) is 5.91 Å². The molecule has 10 nitrogen and oxygen atoms in total. The standard InChI is InChI=1S/C22H29N5O5/c1-4-8-27-18(23)17(20(29)25-22(27)31)26(9-10-32-3)21(30)14-6-5-7-15(12-14)24-19(28)16-11-13(16)2/h5-7,12-13,16H,4,8-11,23H2,1-3H3,(H,24,28)(H,25,29,31). The molecule has 2 aromatic rings. The summed E-state index contributed by atoms with van der Waals surface area (Å²) in [5, 5.41) is 2.84. The van der Waals surface area contributed by atoms with E-state index in [2.05, 4.69) is 10.3 Å². The number of carbonyl (C=O) groups excluding carboxylic acids is 2. The maximum absolute atomic E-state index is 13.4. The Bertz CT molecular complexity index is 1120. The first-order valence-electron chi connectivity index (χ1n) is 10.6. The number of ether oxygens (including phenoxy) is 1. The largest absolute Gasteiger partial charge is 0.383 e. The smallest absolute Gasteiger partial charge is 0.330 e. The first-order chi connectivity index (χ1) is 15.3. The first-order valence-corrected chi connectivity index (χ1v) is 10.6. The summed E-state index contributed by atoms with van der Waals surface area (Å²) in [5.41, 5.74) is 5.42. The van der Waals surface area contributed by atoms with E-state index in [0.29, 0.717) is 24.6 Å². The van der Waals surface area contributed by atoms with E-state index in [1.165, 1.54) is 16.6 Å². The predicted octanol–water partition coefficient (Wildman–Crippen LogP) is 1.42. The minimum atomic E-state index is -0.753. The Morgan fingerprint density at radius 3 is 2.69 bits per heavy atom. The maximum atomic E-state index is 13.4. The Kier molecular flexibility index (Phi) is 7.14. The molecule has 1 aliphatic carbocycles. The highest BCUT2D eigenvalue weighted by molar-refractivity contribution is 6.08. The van der Waals surface area contributed by atoms with Gasteiger partial charge in [0.05, 0.1) is 6.61 Å². The van der Waals surface area contributed by atoms with Gasteiger partial charge >= 0.3 is 5.69 Å². The van der Waals surface area contributed by atoms with Gasteiger partial charge in [-0.05, 0) is 37.0 Å². The van der Waals surface area contributed by atoms with Crippen LogP contribution >= 0.6 is 0 Å². The van der Waals surface area contributed by atoms with Gasteiger partial charge in [0.15, 0.2) is 5.69 Å². The van der Waals surface area contributed by atoms with E-state index < -0.39 is 17.2 Å². The van der Waals surface area contributed by atoms with Crippen LogP contribution in [0.4, 0.5) is 17.2 Å². The van der Waals surface area contributed by atoms with Crippen molar-refractivity contribution in [1.29, 1.82) is 0 Å². The van der Waals surface area contributed by atoms with E-state index in [0.717, 1.165) is 6.42 Å². The molecule has 32 heavy (non-hydrogen) atoms. The van der Waals surface area contributed by atoms with Crippen molar-refractivity contribution in [3.8, 4) is 0 Å². The van der Waals surface area contributed by atoms with E-state index in [1.807, 2.05) is 13.8 Å². The molecule has 1 aromatic carbocycles. The number of amides is 2. The Hall–Kier alpha value is -3.40. The van der Waals surface area contributed by atoms with Crippen LogP contribution in [-0.4, -0.2) is 41.6 Å². The number of aromatic amines is 1. The van der Waals surface area contributed by atoms with Gasteiger partial charge in [-0.2, -0.15) is 0 Å². The molecule has 0 bridgehead atoms. The molecule has 0 spiro atoms. The lowest BCUT2D eigenvalue weighted by molar-refractivity contribution is -0.117. The Balaban J connectivity index is 1.97. The van der Waals surface area contributed by atoms with Crippen LogP contribution in [0.2, 0.25) is 0 Å². The molecule has 0 aliphatic heterocycles. The van der Waals surface area contributed by atoms with Crippen LogP contribution in [0, 0.1) is 11.8 Å². The number of hydrogen-bond acceptors (Lipinski definition) is 6. The molecule has 1 heterocycles. The monoisotopic (exact) mass is 443 g/mol. The quantitative estimate of drug-likeness (QED) is 0.535. The Morgan fingerprint density at radius 2 is 2.06 bits per heavy atom. The average molecular weight is 444 g/mol. The molecule has 0 saturated heterocycles. The number of nitrogens with zero attached hydrogens (tertiary/aromatic N) is 2. The van der Waals surface area contributed by atoms with Crippen molar-refractivity contribution in [3.63, 3.8) is 0 Å². The number of hydrogen-bond donors (Lipinski definition) is 3. The number of carbonyl (C=O) groups is 2. The second-order valence-corrected chi connectivity index (χ2v) is 7.98. The second kappa shape index (κ2) is 9.82. The zero-order valence-corrected chi connectivity index (χ0v) is 18.5. The molecule has 1 saturated carbocycles. The summed E-state index contributed by atoms with van der Waals surface area (Å²) in [7, 11) is 1.48. The van der Waals surface area contributed by atoms with Gasteiger partial charge in [-0.15, -0.1) is 0 Å². The fraction of sp³-hybridized carbons (Fsp3) is 0.455. The van der Waals surface area contributed by atoms with Gasteiger partial charge in [-0.1, -0.05) is 19.9 Å². The minimum Gasteiger partial charge on any atom is -0.383 e. The van der Waals surface area contributed by atoms with Gasteiger partial charge < -0.3 is 15.8 Å². The van der Waals surface area contributed by atoms with Crippen LogP contribution in [0.15, 0.2) is 33.9 Å². The number of nitrogen functional groups attached to an aromatic ring is 1. The van der Waals surface area contributed by atoms with Crippen molar-refractivity contribution < 1.29 is 14.3 Å². The molecule has 2 atom stereocenters. The molecular weight excluding hydrogens is 414 g/mol. The SMILES string of the molecule is CCCn1c(N)c(N(CCOC)C(=O)c2cccc(NC(=O)C3CC3C)c2)c(=O)[nH]c1=O. The van der Waals surface area contributed by atoms with Crippen molar-refractivity contribution in [2.45, 2.75) is 33.2 Å². The highest BCUT2D eigenvalue weighted by atomic mass is 16.5. The molecule has 172 valence electrons. The van der Waals surface area contributed by atoms with Crippen LogP contribution in [-0.2, 0) is 16.1 Å². The van der Waals surface area contributed by atoms with Gasteiger partial charge in [0.25, 0.3) is 11.5 Å². The lowest BCUT2D eigenvalue weighted by Crippen LogP contribution is -2.42. The summed E-state index contributed by atoms with van der Waals surface area (Å²) in [6.45, 7) is 4.36. The minimum absolute atomic E-state index is 0.00877. The highest BCUT2D eigenvalue weighted by Crippen LogP contribution is 2.38. The number of anilines is 3. The predicted molar refractivity (Wildman–Crippen MR) is 122 cm³/mol. The third kappa shape index (κ3) is 4.91. The summed E-state index contributed by atoms with van der Waals surface area (Å²) >= 11 is 0. The molecule has 4 N–H and O–H groups in total. The number of methoxy groups -OCH3 is 1. The zero-order valence-electron chi connectivity index (χ0n) is 18.5. The molecule has 2 amide bonds. The molecule has 3 rings (SSSR count). The summed E-state index contributed by atoms with van der Waals surface area (Å²) in [6.07, 6.45) is 1.47. The van der Waals surface area contributed by atoms with Crippen LogP contribution in [0.25, 0.3) is 0 Å². The molecule has 2 unspecified atom stereocenters. The van der Waals surface area contributed by atoms with Crippen molar-refractivity contribution in [3.05, 3.63) is 50.7 Å². The average Bonchev–Trinajstić information content (AvgIpc) is 3.50. The Labute approximate surface area is 185 Å². The third-order valence-electron chi connectivity index (χ3n) is 5.52. The van der Waals surface area contributed by atoms with Gasteiger partial charge in [-0.3, -0.25) is 28.8 Å². The number of rotatable bonds is 9. The normalized spacial score (nSPS) is 17.1. The number of nitrogens with one attached hydrogen (secondary N) is 2. The summed E-state index contributed by atoms with van der Waals surface area (Å²) in [5.74, 6) is -0.317. The van der Waals surface area contributed by atoms with E-state index in [4.69, 9.17) is 10.5 Å². The van der Waals surface area contributed by atoms with Gasteiger partial charge in [0.1, 0.15) is 5.82 Å². The molecule has 1 fully saturated rings.